The fourth-order valence-electron chi connectivity index (χ4n) is 2.13. The Kier molecular flexibility index (Phi) is 5.69. The van der Waals surface area contributed by atoms with Crippen molar-refractivity contribution in [3.8, 4) is 0 Å². The van der Waals surface area contributed by atoms with Crippen LogP contribution in [-0.2, 0) is 11.2 Å². The van der Waals surface area contributed by atoms with Crippen molar-refractivity contribution in [2.45, 2.75) is 18.9 Å². The third kappa shape index (κ3) is 3.88. The second kappa shape index (κ2) is 6.82. The molecule has 0 bridgehead atoms. The summed E-state index contributed by atoms with van der Waals surface area (Å²) in [6.45, 7) is 1.67. The molecule has 1 amide bonds. The van der Waals surface area contributed by atoms with Crippen LogP contribution in [0.5, 0.6) is 0 Å². The van der Waals surface area contributed by atoms with Gasteiger partial charge in [0.15, 0.2) is 0 Å². The second-order valence-electron chi connectivity index (χ2n) is 4.56. The Hall–Kier alpha value is -1.20. The van der Waals surface area contributed by atoms with Gasteiger partial charge in [0, 0.05) is 25.7 Å². The minimum Gasteiger partial charge on any atom is -0.341 e. The SMILES string of the molecule is CN(C(=O)Cc1ccc(F)cc1F)C1CCNC1.Cl. The Morgan fingerprint density at radius 1 is 1.47 bits per heavy atom. The Balaban J connectivity index is 0.00000180. The maximum absolute atomic E-state index is 13.4. The van der Waals surface area contributed by atoms with Gasteiger partial charge >= 0.3 is 0 Å². The van der Waals surface area contributed by atoms with Crippen molar-refractivity contribution in [2.24, 2.45) is 0 Å². The molecule has 0 saturated carbocycles. The highest BCUT2D eigenvalue weighted by molar-refractivity contribution is 5.85. The van der Waals surface area contributed by atoms with Gasteiger partial charge in [-0.05, 0) is 24.6 Å². The lowest BCUT2D eigenvalue weighted by Gasteiger charge is -2.23. The summed E-state index contributed by atoms with van der Waals surface area (Å²) in [5.41, 5.74) is 0.235. The molecule has 0 spiro atoms. The smallest absolute Gasteiger partial charge is 0.227 e. The van der Waals surface area contributed by atoms with E-state index in [1.54, 1.807) is 11.9 Å². The molecule has 1 heterocycles. The minimum absolute atomic E-state index is 0. The first-order valence-corrected chi connectivity index (χ1v) is 5.98. The number of likely N-dealkylation sites (N-methyl/N-ethyl adjacent to an activating group) is 1. The lowest BCUT2D eigenvalue weighted by atomic mass is 10.1. The summed E-state index contributed by atoms with van der Waals surface area (Å²) < 4.78 is 26.2. The summed E-state index contributed by atoms with van der Waals surface area (Å²) in [5, 5.41) is 3.17. The van der Waals surface area contributed by atoms with E-state index < -0.39 is 11.6 Å². The van der Waals surface area contributed by atoms with E-state index in [1.807, 2.05) is 0 Å². The number of halogens is 3. The summed E-state index contributed by atoms with van der Waals surface area (Å²) >= 11 is 0. The van der Waals surface area contributed by atoms with Crippen LogP contribution in [-0.4, -0.2) is 37.0 Å². The fourth-order valence-corrected chi connectivity index (χ4v) is 2.13. The van der Waals surface area contributed by atoms with Crippen LogP contribution in [0.3, 0.4) is 0 Å². The summed E-state index contributed by atoms with van der Waals surface area (Å²) in [6.07, 6.45) is 0.882. The van der Waals surface area contributed by atoms with Gasteiger partial charge < -0.3 is 10.2 Å². The van der Waals surface area contributed by atoms with E-state index in [-0.39, 0.29) is 36.3 Å². The molecule has 1 aromatic carbocycles. The number of nitrogens with zero attached hydrogens (tertiary/aromatic N) is 1. The van der Waals surface area contributed by atoms with Gasteiger partial charge in [0.1, 0.15) is 11.6 Å². The van der Waals surface area contributed by atoms with Crippen LogP contribution in [0.15, 0.2) is 18.2 Å². The van der Waals surface area contributed by atoms with E-state index in [2.05, 4.69) is 5.32 Å². The Labute approximate surface area is 117 Å². The van der Waals surface area contributed by atoms with Gasteiger partial charge in [-0.1, -0.05) is 6.07 Å². The highest BCUT2D eigenvalue weighted by Crippen LogP contribution is 2.13. The number of rotatable bonds is 3. The molecule has 1 aliphatic heterocycles. The topological polar surface area (TPSA) is 32.3 Å². The van der Waals surface area contributed by atoms with Gasteiger partial charge in [0.05, 0.1) is 6.42 Å². The van der Waals surface area contributed by atoms with Crippen molar-refractivity contribution in [3.05, 3.63) is 35.4 Å². The maximum atomic E-state index is 13.4. The molecule has 1 atom stereocenters. The largest absolute Gasteiger partial charge is 0.341 e. The number of carbonyl (C=O) groups excluding carboxylic acids is 1. The van der Waals surface area contributed by atoms with Crippen LogP contribution in [0.2, 0.25) is 0 Å². The zero-order valence-electron chi connectivity index (χ0n) is 10.7. The van der Waals surface area contributed by atoms with E-state index in [9.17, 15) is 13.6 Å². The van der Waals surface area contributed by atoms with Crippen molar-refractivity contribution >= 4 is 18.3 Å². The van der Waals surface area contributed by atoms with E-state index in [1.165, 1.54) is 12.1 Å². The number of amides is 1. The Morgan fingerprint density at radius 2 is 2.21 bits per heavy atom. The predicted octanol–water partition coefficient (Wildman–Crippen LogP) is 1.75. The summed E-state index contributed by atoms with van der Waals surface area (Å²) in [4.78, 5) is 13.6. The van der Waals surface area contributed by atoms with Crippen LogP contribution >= 0.6 is 12.4 Å². The molecule has 6 heteroatoms. The van der Waals surface area contributed by atoms with E-state index >= 15 is 0 Å². The minimum atomic E-state index is -0.665. The quantitative estimate of drug-likeness (QED) is 0.920. The standard InChI is InChI=1S/C13H16F2N2O.ClH/c1-17(11-4-5-16-8-11)13(18)6-9-2-3-10(14)7-12(9)15;/h2-3,7,11,16H,4-6,8H2,1H3;1H. The first kappa shape index (κ1) is 15.9. The number of benzene rings is 1. The van der Waals surface area contributed by atoms with Gasteiger partial charge in [0.2, 0.25) is 5.91 Å². The van der Waals surface area contributed by atoms with Gasteiger partial charge in [-0.15, -0.1) is 12.4 Å². The zero-order valence-corrected chi connectivity index (χ0v) is 11.5. The zero-order chi connectivity index (χ0) is 13.1. The second-order valence-corrected chi connectivity index (χ2v) is 4.56. The van der Waals surface area contributed by atoms with Crippen molar-refractivity contribution in [1.29, 1.82) is 0 Å². The molecule has 0 aliphatic carbocycles. The van der Waals surface area contributed by atoms with Gasteiger partial charge in [0.25, 0.3) is 0 Å². The maximum Gasteiger partial charge on any atom is 0.227 e. The molecule has 1 unspecified atom stereocenters. The highest BCUT2D eigenvalue weighted by Gasteiger charge is 2.23. The lowest BCUT2D eigenvalue weighted by molar-refractivity contribution is -0.130. The van der Waals surface area contributed by atoms with Crippen molar-refractivity contribution in [2.75, 3.05) is 20.1 Å². The summed E-state index contributed by atoms with van der Waals surface area (Å²) in [5.74, 6) is -1.44. The van der Waals surface area contributed by atoms with E-state index in [4.69, 9.17) is 0 Å². The number of hydrogen-bond donors (Lipinski definition) is 1. The number of carbonyl (C=O) groups is 1. The first-order valence-electron chi connectivity index (χ1n) is 5.98. The molecule has 2 rings (SSSR count). The average Bonchev–Trinajstić information content (AvgIpc) is 2.85. The van der Waals surface area contributed by atoms with E-state index in [0.29, 0.717) is 0 Å². The number of hydrogen-bond acceptors (Lipinski definition) is 2. The summed E-state index contributed by atoms with van der Waals surface area (Å²) in [7, 11) is 1.72. The molecule has 1 aromatic rings. The predicted molar refractivity (Wildman–Crippen MR) is 71.4 cm³/mol. The molecule has 3 nitrogen and oxygen atoms in total. The van der Waals surface area contributed by atoms with Gasteiger partial charge in [-0.2, -0.15) is 0 Å². The number of nitrogens with one attached hydrogen (secondary N) is 1. The lowest BCUT2D eigenvalue weighted by Crippen LogP contribution is -2.39. The van der Waals surface area contributed by atoms with Gasteiger partial charge in [-0.25, -0.2) is 8.78 Å². The van der Waals surface area contributed by atoms with Crippen LogP contribution < -0.4 is 5.32 Å². The summed E-state index contributed by atoms with van der Waals surface area (Å²) in [6, 6.07) is 3.47. The molecule has 106 valence electrons. The molecular formula is C13H17ClF2N2O. The van der Waals surface area contributed by atoms with Crippen LogP contribution in [0, 0.1) is 11.6 Å². The fraction of sp³-hybridized carbons (Fsp3) is 0.462. The molecular weight excluding hydrogens is 274 g/mol. The van der Waals surface area contributed by atoms with Crippen molar-refractivity contribution in [3.63, 3.8) is 0 Å². The Morgan fingerprint density at radius 3 is 2.79 bits per heavy atom. The highest BCUT2D eigenvalue weighted by atomic mass is 35.5. The average molecular weight is 291 g/mol. The molecule has 1 saturated heterocycles. The van der Waals surface area contributed by atoms with Crippen LogP contribution in [0.1, 0.15) is 12.0 Å². The van der Waals surface area contributed by atoms with Gasteiger partial charge in [-0.3, -0.25) is 4.79 Å². The molecule has 0 radical (unpaired) electrons. The molecule has 0 aromatic heterocycles. The first-order chi connectivity index (χ1) is 8.58. The van der Waals surface area contributed by atoms with Crippen LogP contribution in [0.25, 0.3) is 0 Å². The Bertz CT molecular complexity index is 450. The van der Waals surface area contributed by atoms with Crippen molar-refractivity contribution < 1.29 is 13.6 Å². The molecule has 19 heavy (non-hydrogen) atoms. The normalized spacial score (nSPS) is 17.9. The van der Waals surface area contributed by atoms with E-state index in [0.717, 1.165) is 25.6 Å². The third-order valence-electron chi connectivity index (χ3n) is 3.33. The third-order valence-corrected chi connectivity index (χ3v) is 3.33. The molecule has 1 fully saturated rings. The molecule has 1 N–H and O–H groups in total. The molecule has 1 aliphatic rings. The van der Waals surface area contributed by atoms with Crippen LogP contribution in [0.4, 0.5) is 8.78 Å². The monoisotopic (exact) mass is 290 g/mol. The van der Waals surface area contributed by atoms with Crippen molar-refractivity contribution in [1.82, 2.24) is 10.2 Å².